The molecule has 0 aromatic heterocycles. The summed E-state index contributed by atoms with van der Waals surface area (Å²) in [4.78, 5) is 11.0. The molecular formula is C10H9Cl2NO2. The van der Waals surface area contributed by atoms with Gasteiger partial charge in [0.1, 0.15) is 5.70 Å². The van der Waals surface area contributed by atoms with Crippen molar-refractivity contribution in [2.24, 2.45) is 5.73 Å². The second-order valence-electron chi connectivity index (χ2n) is 2.73. The van der Waals surface area contributed by atoms with E-state index in [4.69, 9.17) is 28.9 Å². The molecule has 0 amide bonds. The maximum Gasteiger partial charge on any atom is 0.353 e. The second-order valence-corrected chi connectivity index (χ2v) is 3.52. The Labute approximate surface area is 97.4 Å². The summed E-state index contributed by atoms with van der Waals surface area (Å²) in [5.74, 6) is -0.606. The molecule has 0 unspecified atom stereocenters. The van der Waals surface area contributed by atoms with E-state index >= 15 is 0 Å². The van der Waals surface area contributed by atoms with Crippen LogP contribution in [0.4, 0.5) is 0 Å². The molecule has 80 valence electrons. The first-order valence-corrected chi connectivity index (χ1v) is 4.81. The summed E-state index contributed by atoms with van der Waals surface area (Å²) < 4.78 is 4.45. The third-order valence-corrected chi connectivity index (χ3v) is 2.55. The number of carbonyl (C=O) groups excluding carboxylic acids is 1. The highest BCUT2D eigenvalue weighted by Gasteiger charge is 2.07. The van der Waals surface area contributed by atoms with Gasteiger partial charge in [-0.25, -0.2) is 4.79 Å². The molecule has 1 rings (SSSR count). The fourth-order valence-electron chi connectivity index (χ4n) is 0.976. The minimum atomic E-state index is -0.606. The van der Waals surface area contributed by atoms with Gasteiger partial charge >= 0.3 is 5.97 Å². The summed E-state index contributed by atoms with van der Waals surface area (Å²) in [7, 11) is 1.25. The van der Waals surface area contributed by atoms with Gasteiger partial charge in [0.05, 0.1) is 17.2 Å². The average molecular weight is 246 g/mol. The largest absolute Gasteiger partial charge is 0.464 e. The average Bonchev–Trinajstić information content (AvgIpc) is 2.23. The fraction of sp³-hybridized carbons (Fsp3) is 0.100. The zero-order valence-electron chi connectivity index (χ0n) is 7.96. The first-order chi connectivity index (χ1) is 7.06. The summed E-state index contributed by atoms with van der Waals surface area (Å²) >= 11 is 11.7. The third kappa shape index (κ3) is 2.88. The SMILES string of the molecule is COC(=O)/C(N)=C/c1cccc(Cl)c1Cl. The Morgan fingerprint density at radius 3 is 2.73 bits per heavy atom. The number of ether oxygens (including phenoxy) is 1. The molecule has 0 aliphatic rings. The highest BCUT2D eigenvalue weighted by Crippen LogP contribution is 2.26. The van der Waals surface area contributed by atoms with Crippen LogP contribution in [0.25, 0.3) is 6.08 Å². The second kappa shape index (κ2) is 5.05. The van der Waals surface area contributed by atoms with E-state index in [2.05, 4.69) is 4.74 Å². The van der Waals surface area contributed by atoms with E-state index in [9.17, 15) is 4.79 Å². The lowest BCUT2D eigenvalue weighted by atomic mass is 10.2. The third-order valence-electron chi connectivity index (χ3n) is 1.71. The Hall–Kier alpha value is -1.19. The van der Waals surface area contributed by atoms with Crippen LogP contribution in [-0.2, 0) is 9.53 Å². The Kier molecular flexibility index (Phi) is 4.00. The number of benzene rings is 1. The van der Waals surface area contributed by atoms with Gasteiger partial charge in [-0.1, -0.05) is 35.3 Å². The van der Waals surface area contributed by atoms with Crippen LogP contribution in [0.3, 0.4) is 0 Å². The van der Waals surface area contributed by atoms with Crippen molar-refractivity contribution in [2.75, 3.05) is 7.11 Å². The Bertz CT molecular complexity index is 416. The summed E-state index contributed by atoms with van der Waals surface area (Å²) in [6.45, 7) is 0. The number of hydrogen-bond acceptors (Lipinski definition) is 3. The molecule has 1 aromatic carbocycles. The van der Waals surface area contributed by atoms with Gasteiger partial charge in [-0.15, -0.1) is 0 Å². The van der Waals surface area contributed by atoms with Crippen LogP contribution < -0.4 is 5.73 Å². The van der Waals surface area contributed by atoms with Crippen molar-refractivity contribution in [3.05, 3.63) is 39.5 Å². The van der Waals surface area contributed by atoms with Crippen molar-refractivity contribution in [1.82, 2.24) is 0 Å². The van der Waals surface area contributed by atoms with Gasteiger partial charge in [-0.2, -0.15) is 0 Å². The van der Waals surface area contributed by atoms with Crippen LogP contribution in [0.2, 0.25) is 10.0 Å². The zero-order chi connectivity index (χ0) is 11.4. The molecule has 0 fully saturated rings. The first kappa shape index (κ1) is 11.9. The molecule has 0 heterocycles. The van der Waals surface area contributed by atoms with Crippen molar-refractivity contribution < 1.29 is 9.53 Å². The molecule has 0 atom stereocenters. The topological polar surface area (TPSA) is 52.3 Å². The molecule has 0 aliphatic carbocycles. The summed E-state index contributed by atoms with van der Waals surface area (Å²) in [5, 5.41) is 0.758. The molecule has 0 radical (unpaired) electrons. The van der Waals surface area contributed by atoms with E-state index in [0.717, 1.165) is 0 Å². The van der Waals surface area contributed by atoms with Crippen LogP contribution in [0, 0.1) is 0 Å². The molecule has 0 aliphatic heterocycles. The number of hydrogen-bond donors (Lipinski definition) is 1. The van der Waals surface area contributed by atoms with Crippen LogP contribution >= 0.6 is 23.2 Å². The molecule has 5 heteroatoms. The first-order valence-electron chi connectivity index (χ1n) is 4.05. The molecule has 0 bridgehead atoms. The number of nitrogens with two attached hydrogens (primary N) is 1. The summed E-state index contributed by atoms with van der Waals surface area (Å²) in [5.41, 5.74) is 6.01. The lowest BCUT2D eigenvalue weighted by Crippen LogP contribution is -2.12. The van der Waals surface area contributed by atoms with E-state index < -0.39 is 5.97 Å². The number of halogens is 2. The van der Waals surface area contributed by atoms with Crippen molar-refractivity contribution in [3.63, 3.8) is 0 Å². The van der Waals surface area contributed by atoms with Gasteiger partial charge in [0, 0.05) is 0 Å². The van der Waals surface area contributed by atoms with Gasteiger partial charge < -0.3 is 10.5 Å². The molecule has 0 spiro atoms. The fourth-order valence-corrected chi connectivity index (χ4v) is 1.34. The lowest BCUT2D eigenvalue weighted by molar-refractivity contribution is -0.136. The van der Waals surface area contributed by atoms with Gasteiger partial charge in [0.15, 0.2) is 0 Å². The molecule has 15 heavy (non-hydrogen) atoms. The van der Waals surface area contributed by atoms with E-state index in [1.165, 1.54) is 13.2 Å². The van der Waals surface area contributed by atoms with Crippen molar-refractivity contribution >= 4 is 35.2 Å². The molecule has 2 N–H and O–H groups in total. The standard InChI is InChI=1S/C10H9Cl2NO2/c1-15-10(14)8(13)5-6-3-2-4-7(11)9(6)12/h2-5H,13H2,1H3/b8-5-. The number of carbonyl (C=O) groups is 1. The van der Waals surface area contributed by atoms with Gasteiger partial charge in [0.25, 0.3) is 0 Å². The normalized spacial score (nSPS) is 11.3. The highest BCUT2D eigenvalue weighted by atomic mass is 35.5. The predicted octanol–water partition coefficient (Wildman–Crippen LogP) is 2.47. The summed E-state index contributed by atoms with van der Waals surface area (Å²) in [6.07, 6.45) is 1.42. The van der Waals surface area contributed by atoms with Gasteiger partial charge in [-0.3, -0.25) is 0 Å². The van der Waals surface area contributed by atoms with Crippen molar-refractivity contribution in [1.29, 1.82) is 0 Å². The predicted molar refractivity (Wildman–Crippen MR) is 60.6 cm³/mol. The van der Waals surface area contributed by atoms with Crippen LogP contribution in [0.15, 0.2) is 23.9 Å². The van der Waals surface area contributed by atoms with Crippen LogP contribution in [0.5, 0.6) is 0 Å². The zero-order valence-corrected chi connectivity index (χ0v) is 9.47. The van der Waals surface area contributed by atoms with E-state index in [-0.39, 0.29) is 5.70 Å². The monoisotopic (exact) mass is 245 g/mol. The molecule has 3 nitrogen and oxygen atoms in total. The van der Waals surface area contributed by atoms with E-state index in [1.807, 2.05) is 0 Å². The smallest absolute Gasteiger partial charge is 0.353 e. The molecule has 0 saturated heterocycles. The maximum absolute atomic E-state index is 11.0. The Morgan fingerprint density at radius 2 is 2.13 bits per heavy atom. The Morgan fingerprint density at radius 1 is 1.47 bits per heavy atom. The minimum Gasteiger partial charge on any atom is -0.464 e. The van der Waals surface area contributed by atoms with Crippen LogP contribution in [0.1, 0.15) is 5.56 Å². The number of esters is 1. The lowest BCUT2D eigenvalue weighted by Gasteiger charge is -2.02. The maximum atomic E-state index is 11.0. The van der Waals surface area contributed by atoms with Crippen molar-refractivity contribution in [2.45, 2.75) is 0 Å². The highest BCUT2D eigenvalue weighted by molar-refractivity contribution is 6.42. The molecule has 0 saturated carbocycles. The van der Waals surface area contributed by atoms with Crippen molar-refractivity contribution in [3.8, 4) is 0 Å². The minimum absolute atomic E-state index is 0.0262. The Balaban J connectivity index is 3.08. The molecule has 1 aromatic rings. The van der Waals surface area contributed by atoms with E-state index in [0.29, 0.717) is 15.6 Å². The quantitative estimate of drug-likeness (QED) is 0.644. The van der Waals surface area contributed by atoms with Crippen LogP contribution in [-0.4, -0.2) is 13.1 Å². The summed E-state index contributed by atoms with van der Waals surface area (Å²) in [6, 6.07) is 5.06. The molecular weight excluding hydrogens is 237 g/mol. The number of methoxy groups -OCH3 is 1. The number of rotatable bonds is 2. The van der Waals surface area contributed by atoms with E-state index in [1.54, 1.807) is 18.2 Å². The van der Waals surface area contributed by atoms with Gasteiger partial charge in [0.2, 0.25) is 0 Å². The van der Waals surface area contributed by atoms with Gasteiger partial charge in [-0.05, 0) is 17.7 Å².